The number of amides is 1. The van der Waals surface area contributed by atoms with Crippen molar-refractivity contribution < 1.29 is 14.1 Å². The van der Waals surface area contributed by atoms with Crippen LogP contribution < -0.4 is 5.32 Å². The van der Waals surface area contributed by atoms with Crippen LogP contribution in [0.5, 0.6) is 0 Å². The third kappa shape index (κ3) is 5.75. The third-order valence-corrected chi connectivity index (χ3v) is 4.89. The van der Waals surface area contributed by atoms with Crippen LogP contribution in [0.15, 0.2) is 10.9 Å². The maximum absolute atomic E-state index is 12.2. The summed E-state index contributed by atoms with van der Waals surface area (Å²) in [5, 5.41) is 14.1. The van der Waals surface area contributed by atoms with Crippen LogP contribution in [0, 0.1) is 11.8 Å². The lowest BCUT2D eigenvalue weighted by atomic mass is 9.95. The first kappa shape index (κ1) is 21.2. The predicted molar refractivity (Wildman–Crippen MR) is 106 cm³/mol. The van der Waals surface area contributed by atoms with E-state index in [0.717, 1.165) is 19.4 Å². The van der Waals surface area contributed by atoms with E-state index in [1.807, 2.05) is 20.8 Å². The van der Waals surface area contributed by atoms with Crippen molar-refractivity contribution >= 4 is 6.09 Å². The Labute approximate surface area is 170 Å². The maximum atomic E-state index is 12.2. The molecule has 1 aliphatic heterocycles. The highest BCUT2D eigenvalue weighted by Gasteiger charge is 2.29. The van der Waals surface area contributed by atoms with E-state index in [2.05, 4.69) is 44.5 Å². The van der Waals surface area contributed by atoms with Crippen LogP contribution >= 0.6 is 0 Å². The highest BCUT2D eigenvalue weighted by atomic mass is 16.6. The highest BCUT2D eigenvalue weighted by molar-refractivity contribution is 5.68. The minimum atomic E-state index is -0.464. The van der Waals surface area contributed by atoms with Crippen molar-refractivity contribution in [2.45, 2.75) is 59.1 Å². The second-order valence-corrected chi connectivity index (χ2v) is 8.83. The first-order valence-corrected chi connectivity index (χ1v) is 10.1. The number of rotatable bonds is 6. The molecular weight excluding hydrogens is 374 g/mol. The number of carbonyl (C=O) groups is 1. The van der Waals surface area contributed by atoms with Gasteiger partial charge in [0.2, 0.25) is 11.7 Å². The fourth-order valence-corrected chi connectivity index (χ4v) is 3.32. The normalized spacial score (nSPS) is 17.0. The molecule has 10 heteroatoms. The molecule has 0 saturated carbocycles. The summed E-state index contributed by atoms with van der Waals surface area (Å²) in [7, 11) is 0. The molecule has 1 atom stereocenters. The molecule has 2 aromatic rings. The summed E-state index contributed by atoms with van der Waals surface area (Å²) in [6, 6.07) is -0.0527. The molecule has 3 rings (SSSR count). The average Bonchev–Trinajstić information content (AvgIpc) is 3.32. The summed E-state index contributed by atoms with van der Waals surface area (Å²) in [5.41, 5.74) is -0.464. The molecule has 10 nitrogen and oxygen atoms in total. The topological polar surface area (TPSA) is 122 Å². The zero-order chi connectivity index (χ0) is 21.0. The number of aromatic nitrogens is 5. The van der Waals surface area contributed by atoms with Crippen molar-refractivity contribution in [2.24, 2.45) is 11.8 Å². The van der Waals surface area contributed by atoms with Crippen molar-refractivity contribution in [3.05, 3.63) is 12.2 Å². The van der Waals surface area contributed by atoms with Gasteiger partial charge in [0.15, 0.2) is 5.82 Å². The summed E-state index contributed by atoms with van der Waals surface area (Å²) >= 11 is 0. The monoisotopic (exact) mass is 405 g/mol. The van der Waals surface area contributed by atoms with Crippen molar-refractivity contribution in [1.29, 1.82) is 0 Å². The summed E-state index contributed by atoms with van der Waals surface area (Å²) in [6.45, 7) is 12.1. The molecule has 1 fully saturated rings. The molecule has 1 amide bonds. The van der Waals surface area contributed by atoms with E-state index < -0.39 is 5.60 Å². The van der Waals surface area contributed by atoms with Crippen molar-refractivity contribution in [2.75, 3.05) is 19.6 Å². The number of piperidine rings is 1. The van der Waals surface area contributed by atoms with Gasteiger partial charge < -0.3 is 19.5 Å². The Morgan fingerprint density at radius 2 is 2.10 bits per heavy atom. The molecule has 0 aromatic carbocycles. The van der Waals surface area contributed by atoms with E-state index >= 15 is 0 Å². The van der Waals surface area contributed by atoms with Crippen LogP contribution in [-0.4, -0.2) is 61.6 Å². The Morgan fingerprint density at radius 1 is 1.38 bits per heavy atom. The molecule has 3 heterocycles. The molecule has 1 unspecified atom stereocenters. The number of hydrogen-bond donors (Lipinski definition) is 2. The number of carbonyl (C=O) groups excluding carboxylic acids is 1. The summed E-state index contributed by atoms with van der Waals surface area (Å²) in [5.74, 6) is 2.18. The summed E-state index contributed by atoms with van der Waals surface area (Å²) < 4.78 is 10.9. The van der Waals surface area contributed by atoms with Gasteiger partial charge in [0.05, 0.1) is 6.04 Å². The van der Waals surface area contributed by atoms with Gasteiger partial charge in [-0.1, -0.05) is 19.0 Å². The van der Waals surface area contributed by atoms with Crippen molar-refractivity contribution in [3.8, 4) is 11.6 Å². The largest absolute Gasteiger partial charge is 0.444 e. The number of H-pyrrole nitrogens is 1. The Bertz CT molecular complexity index is 774. The number of hydrogen-bond acceptors (Lipinski definition) is 8. The van der Waals surface area contributed by atoms with Gasteiger partial charge in [0.25, 0.3) is 0 Å². The van der Waals surface area contributed by atoms with Crippen molar-refractivity contribution in [3.63, 3.8) is 0 Å². The lowest BCUT2D eigenvalue weighted by Crippen LogP contribution is -2.43. The summed E-state index contributed by atoms with van der Waals surface area (Å²) in [4.78, 5) is 22.5. The molecule has 0 spiro atoms. The molecule has 1 aliphatic rings. The van der Waals surface area contributed by atoms with Crippen LogP contribution in [0.25, 0.3) is 11.6 Å². The Hall–Kier alpha value is -2.49. The van der Waals surface area contributed by atoms with E-state index in [1.165, 1.54) is 6.33 Å². The van der Waals surface area contributed by atoms with E-state index in [1.54, 1.807) is 4.90 Å². The number of likely N-dealkylation sites (tertiary alicyclic amines) is 1. The first-order valence-electron chi connectivity index (χ1n) is 10.1. The van der Waals surface area contributed by atoms with Gasteiger partial charge in [-0.15, -0.1) is 0 Å². The fraction of sp³-hybridized carbons (Fsp3) is 0.737. The zero-order valence-corrected chi connectivity index (χ0v) is 17.8. The predicted octanol–water partition coefficient (Wildman–Crippen LogP) is 2.79. The second kappa shape index (κ2) is 8.89. The number of nitrogens with one attached hydrogen (secondary N) is 2. The molecule has 160 valence electrons. The smallest absolute Gasteiger partial charge is 0.410 e. The standard InChI is InChI=1S/C19H31N7O3/c1-12(2)14(17-23-16(25-29-17)15-21-11-22-24-15)20-10-13-6-8-26(9-7-13)18(27)28-19(3,4)5/h11-14,20H,6-10H2,1-5H3,(H,21,22,24). The second-order valence-electron chi connectivity index (χ2n) is 8.83. The number of nitrogens with zero attached hydrogens (tertiary/aromatic N) is 5. The maximum Gasteiger partial charge on any atom is 0.410 e. The van der Waals surface area contributed by atoms with Gasteiger partial charge >= 0.3 is 6.09 Å². The van der Waals surface area contributed by atoms with Crippen LogP contribution in [0.2, 0.25) is 0 Å². The van der Waals surface area contributed by atoms with Crippen LogP contribution in [-0.2, 0) is 4.74 Å². The Morgan fingerprint density at radius 3 is 2.69 bits per heavy atom. The minimum Gasteiger partial charge on any atom is -0.444 e. The van der Waals surface area contributed by atoms with E-state index in [-0.39, 0.29) is 18.1 Å². The van der Waals surface area contributed by atoms with Crippen LogP contribution in [0.1, 0.15) is 59.4 Å². The lowest BCUT2D eigenvalue weighted by Gasteiger charge is -2.34. The molecular formula is C19H31N7O3. The van der Waals surface area contributed by atoms with Gasteiger partial charge in [-0.2, -0.15) is 10.1 Å². The molecule has 0 bridgehead atoms. The van der Waals surface area contributed by atoms with Gasteiger partial charge in [0.1, 0.15) is 11.9 Å². The Balaban J connectivity index is 1.51. The van der Waals surface area contributed by atoms with E-state index in [0.29, 0.717) is 36.5 Å². The number of aromatic amines is 1. The lowest BCUT2D eigenvalue weighted by molar-refractivity contribution is 0.0182. The third-order valence-electron chi connectivity index (χ3n) is 4.89. The van der Waals surface area contributed by atoms with Gasteiger partial charge in [-0.25, -0.2) is 9.78 Å². The Kier molecular flexibility index (Phi) is 6.51. The first-order chi connectivity index (χ1) is 13.7. The molecule has 2 N–H and O–H groups in total. The number of ether oxygens (including phenoxy) is 1. The molecule has 0 radical (unpaired) electrons. The van der Waals surface area contributed by atoms with Crippen molar-refractivity contribution in [1.82, 2.24) is 35.5 Å². The highest BCUT2D eigenvalue weighted by Crippen LogP contribution is 2.24. The molecule has 2 aromatic heterocycles. The van der Waals surface area contributed by atoms with Crippen LogP contribution in [0.3, 0.4) is 0 Å². The molecule has 0 aliphatic carbocycles. The van der Waals surface area contributed by atoms with Gasteiger partial charge in [-0.3, -0.25) is 5.10 Å². The van der Waals surface area contributed by atoms with Gasteiger partial charge in [-0.05, 0) is 52.0 Å². The summed E-state index contributed by atoms with van der Waals surface area (Å²) in [6.07, 6.45) is 3.05. The molecule has 1 saturated heterocycles. The van der Waals surface area contributed by atoms with E-state index in [9.17, 15) is 4.79 Å². The SMILES string of the molecule is CC(C)C(NCC1CCN(C(=O)OC(C)(C)C)CC1)c1nc(-c2ncn[nH]2)no1. The minimum absolute atomic E-state index is 0.0527. The zero-order valence-electron chi connectivity index (χ0n) is 17.8. The van der Waals surface area contributed by atoms with E-state index in [4.69, 9.17) is 9.26 Å². The van der Waals surface area contributed by atoms with Gasteiger partial charge in [0, 0.05) is 13.1 Å². The average molecular weight is 406 g/mol. The molecule has 29 heavy (non-hydrogen) atoms. The van der Waals surface area contributed by atoms with Crippen LogP contribution in [0.4, 0.5) is 4.79 Å². The fourth-order valence-electron chi connectivity index (χ4n) is 3.32. The quantitative estimate of drug-likeness (QED) is 0.752.